The molecular weight excluding hydrogens is 526 g/mol. The molecule has 2 amide bonds. The quantitative estimate of drug-likeness (QED) is 0.214. The fraction of sp³-hybridized carbons (Fsp3) is 0.257. The van der Waals surface area contributed by atoms with E-state index in [4.69, 9.17) is 4.42 Å². The highest BCUT2D eigenvalue weighted by Crippen LogP contribution is 2.23. The summed E-state index contributed by atoms with van der Waals surface area (Å²) >= 11 is 0. The first-order valence-electron chi connectivity index (χ1n) is 14.5. The number of furan rings is 1. The molecule has 1 aliphatic heterocycles. The van der Waals surface area contributed by atoms with Gasteiger partial charge >= 0.3 is 0 Å². The Hall–Kier alpha value is -4.62. The Kier molecular flexibility index (Phi) is 9.86. The lowest BCUT2D eigenvalue weighted by atomic mass is 10.0. The summed E-state index contributed by atoms with van der Waals surface area (Å²) in [6.07, 6.45) is 7.90. The van der Waals surface area contributed by atoms with Crippen molar-refractivity contribution >= 4 is 17.9 Å². The van der Waals surface area contributed by atoms with Crippen molar-refractivity contribution in [2.24, 2.45) is 0 Å². The van der Waals surface area contributed by atoms with Gasteiger partial charge in [0.25, 0.3) is 5.91 Å². The van der Waals surface area contributed by atoms with Gasteiger partial charge in [-0.15, -0.1) is 0 Å². The number of hydrogen-bond donors (Lipinski definition) is 2. The molecule has 1 aromatic heterocycles. The van der Waals surface area contributed by atoms with Crippen molar-refractivity contribution in [3.05, 3.63) is 120 Å². The van der Waals surface area contributed by atoms with Gasteiger partial charge < -0.3 is 24.6 Å². The number of amides is 2. The molecule has 216 valence electrons. The summed E-state index contributed by atoms with van der Waals surface area (Å²) in [5.41, 5.74) is 4.58. The van der Waals surface area contributed by atoms with Gasteiger partial charge in [-0.1, -0.05) is 42.5 Å². The lowest BCUT2D eigenvalue weighted by molar-refractivity contribution is -0.126. The van der Waals surface area contributed by atoms with Crippen molar-refractivity contribution < 1.29 is 19.1 Å². The van der Waals surface area contributed by atoms with E-state index in [2.05, 4.69) is 16.3 Å². The normalized spacial score (nSPS) is 13.4. The second-order valence-corrected chi connectivity index (χ2v) is 10.6. The van der Waals surface area contributed by atoms with Gasteiger partial charge in [0.15, 0.2) is 0 Å². The van der Waals surface area contributed by atoms with Crippen molar-refractivity contribution in [3.63, 3.8) is 0 Å². The molecule has 0 bridgehead atoms. The fourth-order valence-corrected chi connectivity index (χ4v) is 5.18. The maximum Gasteiger partial charge on any atom is 0.251 e. The topological polar surface area (TPSA) is 86.0 Å². The molecule has 2 N–H and O–H groups in total. The number of nitrogens with one attached hydrogen (secondary N) is 1. The van der Waals surface area contributed by atoms with Crippen LogP contribution in [0.15, 0.2) is 102 Å². The third-order valence-corrected chi connectivity index (χ3v) is 7.52. The number of phenols is 1. The van der Waals surface area contributed by atoms with Gasteiger partial charge in [0.2, 0.25) is 5.91 Å². The van der Waals surface area contributed by atoms with E-state index in [0.29, 0.717) is 37.4 Å². The van der Waals surface area contributed by atoms with Crippen molar-refractivity contribution in [2.75, 3.05) is 32.7 Å². The number of aromatic hydroxyl groups is 1. The molecule has 0 aliphatic carbocycles. The smallest absolute Gasteiger partial charge is 0.251 e. The van der Waals surface area contributed by atoms with Crippen LogP contribution in [0.2, 0.25) is 0 Å². The molecule has 2 heterocycles. The van der Waals surface area contributed by atoms with Crippen molar-refractivity contribution in [3.8, 4) is 16.9 Å². The largest absolute Gasteiger partial charge is 0.508 e. The number of likely N-dealkylation sites (tertiary alicyclic amines) is 1. The maximum absolute atomic E-state index is 13.3. The lowest BCUT2D eigenvalue weighted by Gasteiger charge is -2.22. The summed E-state index contributed by atoms with van der Waals surface area (Å²) in [7, 11) is 0. The molecule has 5 rings (SSSR count). The first-order chi connectivity index (χ1) is 20.5. The first kappa shape index (κ1) is 28.9. The van der Waals surface area contributed by atoms with E-state index in [1.165, 1.54) is 18.9 Å². The molecule has 0 saturated carbocycles. The molecule has 1 aliphatic rings. The van der Waals surface area contributed by atoms with Gasteiger partial charge in [-0.05, 0) is 103 Å². The van der Waals surface area contributed by atoms with E-state index in [9.17, 15) is 14.7 Å². The summed E-state index contributed by atoms with van der Waals surface area (Å²) in [6.45, 7) is 4.67. The molecule has 7 nitrogen and oxygen atoms in total. The van der Waals surface area contributed by atoms with Crippen LogP contribution < -0.4 is 5.32 Å². The van der Waals surface area contributed by atoms with Gasteiger partial charge in [-0.25, -0.2) is 0 Å². The van der Waals surface area contributed by atoms with Crippen LogP contribution in [0.1, 0.15) is 40.1 Å². The Morgan fingerprint density at radius 2 is 1.67 bits per heavy atom. The Morgan fingerprint density at radius 3 is 2.43 bits per heavy atom. The van der Waals surface area contributed by atoms with E-state index in [1.54, 1.807) is 41.5 Å². The van der Waals surface area contributed by atoms with Gasteiger partial charge in [0.1, 0.15) is 11.5 Å². The predicted octanol–water partition coefficient (Wildman–Crippen LogP) is 5.76. The number of carbonyl (C=O) groups is 2. The highest BCUT2D eigenvalue weighted by molar-refractivity contribution is 5.95. The zero-order chi connectivity index (χ0) is 29.1. The van der Waals surface area contributed by atoms with E-state index in [1.807, 2.05) is 54.6 Å². The Morgan fingerprint density at radius 1 is 0.905 bits per heavy atom. The van der Waals surface area contributed by atoms with E-state index in [-0.39, 0.29) is 17.6 Å². The molecule has 0 unspecified atom stereocenters. The van der Waals surface area contributed by atoms with Crippen LogP contribution in [-0.2, 0) is 17.8 Å². The molecule has 0 radical (unpaired) electrons. The molecule has 3 aromatic carbocycles. The van der Waals surface area contributed by atoms with Crippen LogP contribution in [0.3, 0.4) is 0 Å². The maximum atomic E-state index is 13.3. The van der Waals surface area contributed by atoms with Crippen LogP contribution in [0, 0.1) is 0 Å². The summed E-state index contributed by atoms with van der Waals surface area (Å²) in [6, 6.07) is 26.4. The number of nitrogens with zero attached hydrogens (tertiary/aromatic N) is 2. The SMILES string of the molecule is O=C(NCCN1CCCC1)c1cccc(-c2cccc(CN(CCc3ccc(O)cc3)C(=O)C=Cc3ccco3)c2)c1. The highest BCUT2D eigenvalue weighted by Gasteiger charge is 2.14. The number of carbonyl (C=O) groups excluding carboxylic acids is 2. The average Bonchev–Trinajstić information content (AvgIpc) is 3.74. The van der Waals surface area contributed by atoms with Gasteiger partial charge in [-0.3, -0.25) is 9.59 Å². The van der Waals surface area contributed by atoms with Crippen LogP contribution in [0.5, 0.6) is 5.75 Å². The van der Waals surface area contributed by atoms with Crippen molar-refractivity contribution in [1.82, 2.24) is 15.1 Å². The second kappa shape index (κ2) is 14.3. The number of phenolic OH excluding ortho intramolecular Hbond substituents is 1. The van der Waals surface area contributed by atoms with Crippen molar-refractivity contribution in [1.29, 1.82) is 0 Å². The minimum absolute atomic E-state index is 0.0680. The van der Waals surface area contributed by atoms with Gasteiger partial charge in [-0.2, -0.15) is 0 Å². The zero-order valence-corrected chi connectivity index (χ0v) is 23.7. The standard InChI is InChI=1S/C35H37N3O4/c39-32-13-11-27(12-14-32)17-21-38(34(40)16-15-33-10-5-23-42-33)26-28-6-3-7-29(24-28)30-8-4-9-31(25-30)35(41)36-18-22-37-19-1-2-20-37/h3-16,23-25,39H,1-2,17-22,26H2,(H,36,41). The lowest BCUT2D eigenvalue weighted by Crippen LogP contribution is -2.33. The monoisotopic (exact) mass is 563 g/mol. The summed E-state index contributed by atoms with van der Waals surface area (Å²) in [5, 5.41) is 12.7. The molecule has 0 atom stereocenters. The van der Waals surface area contributed by atoms with Gasteiger partial charge in [0.05, 0.1) is 6.26 Å². The molecule has 0 spiro atoms. The third kappa shape index (κ3) is 8.21. The van der Waals surface area contributed by atoms with Crippen LogP contribution in [0.25, 0.3) is 17.2 Å². The van der Waals surface area contributed by atoms with Crippen molar-refractivity contribution in [2.45, 2.75) is 25.8 Å². The van der Waals surface area contributed by atoms with Gasteiger partial charge in [0, 0.05) is 37.8 Å². The minimum atomic E-state index is -0.122. The Balaban J connectivity index is 1.27. The third-order valence-electron chi connectivity index (χ3n) is 7.52. The van der Waals surface area contributed by atoms with Crippen LogP contribution in [0.4, 0.5) is 0 Å². The molecule has 42 heavy (non-hydrogen) atoms. The number of benzene rings is 3. The average molecular weight is 564 g/mol. The highest BCUT2D eigenvalue weighted by atomic mass is 16.3. The number of rotatable bonds is 12. The Labute approximate surface area is 247 Å². The zero-order valence-electron chi connectivity index (χ0n) is 23.7. The summed E-state index contributed by atoms with van der Waals surface area (Å²) in [4.78, 5) is 30.3. The summed E-state index contributed by atoms with van der Waals surface area (Å²) in [5.74, 6) is 0.641. The predicted molar refractivity (Wildman–Crippen MR) is 165 cm³/mol. The summed E-state index contributed by atoms with van der Waals surface area (Å²) < 4.78 is 5.35. The molecule has 7 heteroatoms. The number of hydrogen-bond acceptors (Lipinski definition) is 5. The molecular formula is C35H37N3O4. The minimum Gasteiger partial charge on any atom is -0.508 e. The van der Waals surface area contributed by atoms with E-state index in [0.717, 1.165) is 41.9 Å². The fourth-order valence-electron chi connectivity index (χ4n) is 5.18. The first-order valence-corrected chi connectivity index (χ1v) is 14.5. The molecule has 1 fully saturated rings. The Bertz CT molecular complexity index is 1490. The van der Waals surface area contributed by atoms with E-state index >= 15 is 0 Å². The second-order valence-electron chi connectivity index (χ2n) is 10.6. The molecule has 4 aromatic rings. The molecule has 1 saturated heterocycles. The van der Waals surface area contributed by atoms with E-state index < -0.39 is 0 Å². The van der Waals surface area contributed by atoms with Crippen LogP contribution >= 0.6 is 0 Å². The van der Waals surface area contributed by atoms with Crippen LogP contribution in [-0.4, -0.2) is 59.4 Å².